The third kappa shape index (κ3) is 2.94. The van der Waals surface area contributed by atoms with Crippen LogP contribution in [0.15, 0.2) is 11.2 Å². The van der Waals surface area contributed by atoms with Crippen LogP contribution < -0.4 is 10.6 Å². The smallest absolute Gasteiger partial charge is 0.335 e. The SMILES string of the molecule is C#C/C=N\C(C)=c1\c(F)cn([C@@H]2O[C@H](C(=O)O)[C@H]3OC(C)(C)O[C@H]32)c1=C. The Bertz CT molecular complexity index is 927. The number of aliphatic imine (C=N–C) groups is 1. The minimum Gasteiger partial charge on any atom is -0.479 e. The van der Waals surface area contributed by atoms with Gasteiger partial charge in [0.1, 0.15) is 12.2 Å². The maximum absolute atomic E-state index is 14.5. The van der Waals surface area contributed by atoms with Crippen LogP contribution in [0.2, 0.25) is 0 Å². The minimum atomic E-state index is -1.23. The quantitative estimate of drug-likeness (QED) is 0.621. The van der Waals surface area contributed by atoms with Crippen LogP contribution in [0.25, 0.3) is 12.3 Å². The first-order valence-corrected chi connectivity index (χ1v) is 7.95. The molecule has 1 aromatic rings. The molecule has 2 fully saturated rings. The molecule has 2 aliphatic rings. The Labute approximate surface area is 149 Å². The second-order valence-corrected chi connectivity index (χ2v) is 6.57. The molecule has 7 nitrogen and oxygen atoms in total. The van der Waals surface area contributed by atoms with Crippen molar-refractivity contribution in [3.8, 4) is 12.3 Å². The molecule has 0 unspecified atom stereocenters. The van der Waals surface area contributed by atoms with Crippen LogP contribution in [-0.4, -0.2) is 46.0 Å². The Morgan fingerprint density at radius 1 is 1.50 bits per heavy atom. The number of aromatic nitrogens is 1. The molecular formula is C18H19FN2O5. The van der Waals surface area contributed by atoms with E-state index in [2.05, 4.69) is 17.5 Å². The first-order chi connectivity index (χ1) is 12.2. The average Bonchev–Trinajstić information content (AvgIpc) is 3.13. The Hall–Kier alpha value is -2.47. The highest BCUT2D eigenvalue weighted by atomic mass is 19.1. The summed E-state index contributed by atoms with van der Waals surface area (Å²) < 4.78 is 33.0. The normalized spacial score (nSPS) is 31.0. The summed E-state index contributed by atoms with van der Waals surface area (Å²) in [6, 6.07) is 0. The highest BCUT2D eigenvalue weighted by molar-refractivity contribution is 5.80. The van der Waals surface area contributed by atoms with Crippen molar-refractivity contribution in [3.05, 3.63) is 22.6 Å². The molecule has 1 aromatic heterocycles. The molecule has 0 bridgehead atoms. The lowest BCUT2D eigenvalue weighted by Gasteiger charge is -2.23. The van der Waals surface area contributed by atoms with Crippen molar-refractivity contribution in [2.24, 2.45) is 4.99 Å². The summed E-state index contributed by atoms with van der Waals surface area (Å²) in [5, 5.41) is 9.86. The van der Waals surface area contributed by atoms with Gasteiger partial charge in [-0.1, -0.05) is 12.5 Å². The molecule has 8 heteroatoms. The lowest BCUT2D eigenvalue weighted by Crippen LogP contribution is -2.36. The maximum Gasteiger partial charge on any atom is 0.335 e. The molecule has 0 saturated carbocycles. The van der Waals surface area contributed by atoms with E-state index < -0.39 is 42.1 Å². The van der Waals surface area contributed by atoms with E-state index in [1.54, 1.807) is 20.8 Å². The molecule has 0 spiro atoms. The number of carbonyl (C=O) groups is 1. The number of carboxylic acid groups (broad SMARTS) is 1. The molecule has 0 radical (unpaired) electrons. The fraction of sp³-hybridized carbons (Fsp3) is 0.444. The van der Waals surface area contributed by atoms with E-state index in [9.17, 15) is 14.3 Å². The lowest BCUT2D eigenvalue weighted by molar-refractivity contribution is -0.202. The highest BCUT2D eigenvalue weighted by Gasteiger charge is 2.58. The van der Waals surface area contributed by atoms with Crippen LogP contribution in [0, 0.1) is 18.2 Å². The number of fused-ring (bicyclic) bond motifs is 1. The van der Waals surface area contributed by atoms with Gasteiger partial charge in [-0.15, -0.1) is 6.42 Å². The van der Waals surface area contributed by atoms with Gasteiger partial charge < -0.3 is 23.9 Å². The average molecular weight is 362 g/mol. The molecule has 4 atom stereocenters. The van der Waals surface area contributed by atoms with E-state index in [1.165, 1.54) is 17.0 Å². The zero-order valence-electron chi connectivity index (χ0n) is 14.6. The Balaban J connectivity index is 2.08. The first-order valence-electron chi connectivity index (χ1n) is 7.95. The molecule has 1 N–H and O–H groups in total. The zero-order valence-corrected chi connectivity index (χ0v) is 14.6. The summed E-state index contributed by atoms with van der Waals surface area (Å²) in [6.45, 7) is 8.85. The summed E-state index contributed by atoms with van der Waals surface area (Å²) >= 11 is 0. The molecule has 3 rings (SSSR count). The van der Waals surface area contributed by atoms with Gasteiger partial charge in [0.2, 0.25) is 0 Å². The second kappa shape index (κ2) is 6.36. The zero-order chi connectivity index (χ0) is 19.2. The number of hydrogen-bond donors (Lipinski definition) is 1. The Kier molecular flexibility index (Phi) is 4.48. The summed E-state index contributed by atoms with van der Waals surface area (Å²) in [4.78, 5) is 15.5. The van der Waals surface area contributed by atoms with E-state index >= 15 is 0 Å². The topological polar surface area (TPSA) is 82.3 Å². The Morgan fingerprint density at radius 3 is 2.77 bits per heavy atom. The van der Waals surface area contributed by atoms with Crippen LogP contribution >= 0.6 is 0 Å². The van der Waals surface area contributed by atoms with Gasteiger partial charge in [0.15, 0.2) is 23.9 Å². The van der Waals surface area contributed by atoms with Crippen molar-refractivity contribution in [3.63, 3.8) is 0 Å². The minimum absolute atomic E-state index is 0.175. The van der Waals surface area contributed by atoms with Crippen molar-refractivity contribution in [2.75, 3.05) is 0 Å². The van der Waals surface area contributed by atoms with Gasteiger partial charge in [0.05, 0.1) is 17.1 Å². The van der Waals surface area contributed by atoms with Crippen LogP contribution in [0.3, 0.4) is 0 Å². The predicted octanol–water partition coefficient (Wildman–Crippen LogP) is 0.372. The number of hydrogen-bond acceptors (Lipinski definition) is 5. The van der Waals surface area contributed by atoms with Gasteiger partial charge in [-0.25, -0.2) is 9.18 Å². The van der Waals surface area contributed by atoms with Crippen molar-refractivity contribution in [1.29, 1.82) is 0 Å². The van der Waals surface area contributed by atoms with Gasteiger partial charge in [-0.05, 0) is 20.8 Å². The largest absolute Gasteiger partial charge is 0.479 e. The monoisotopic (exact) mass is 362 g/mol. The van der Waals surface area contributed by atoms with E-state index in [-0.39, 0.29) is 10.6 Å². The summed E-state index contributed by atoms with van der Waals surface area (Å²) in [5.41, 5.74) is 0.345. The molecule has 3 heterocycles. The molecule has 2 saturated heterocycles. The van der Waals surface area contributed by atoms with E-state index in [1.807, 2.05) is 0 Å². The van der Waals surface area contributed by atoms with Crippen molar-refractivity contribution < 1.29 is 28.5 Å². The molecule has 0 aromatic carbocycles. The van der Waals surface area contributed by atoms with Gasteiger partial charge in [-0.2, -0.15) is 0 Å². The van der Waals surface area contributed by atoms with Crippen molar-refractivity contribution >= 4 is 24.5 Å². The number of aliphatic carboxylic acids is 1. The second-order valence-electron chi connectivity index (χ2n) is 6.57. The summed E-state index contributed by atoms with van der Waals surface area (Å²) in [5.74, 6) is -0.482. The number of ether oxygens (including phenoxy) is 3. The third-order valence-electron chi connectivity index (χ3n) is 4.33. The van der Waals surface area contributed by atoms with Gasteiger partial charge in [0, 0.05) is 11.5 Å². The molecule has 26 heavy (non-hydrogen) atoms. The van der Waals surface area contributed by atoms with Crippen LogP contribution in [0.5, 0.6) is 0 Å². The van der Waals surface area contributed by atoms with Crippen molar-refractivity contribution in [1.82, 2.24) is 4.57 Å². The number of nitrogens with zero attached hydrogens (tertiary/aromatic N) is 2. The molecule has 0 amide bonds. The fourth-order valence-electron chi connectivity index (χ4n) is 3.34. The van der Waals surface area contributed by atoms with Crippen LogP contribution in [0.1, 0.15) is 27.0 Å². The number of carboxylic acids is 1. The predicted molar refractivity (Wildman–Crippen MR) is 90.9 cm³/mol. The number of halogens is 1. The standard InChI is InChI=1S/C18H19FN2O5/c1-6-7-20-9(2)12-10(3)21(8-11(12)19)16-14-13(15(24-16)17(22)23)25-18(4,5)26-14/h1,7-8,13-16H,3H2,2,4-5H3,(H,22,23)/b12-9+,20-7-/t13-,14+,15-,16+/m0/s1. The number of terminal acetylenes is 1. The molecule has 2 aliphatic heterocycles. The van der Waals surface area contributed by atoms with E-state index in [0.29, 0.717) is 5.70 Å². The van der Waals surface area contributed by atoms with E-state index in [4.69, 9.17) is 20.6 Å². The molecule has 138 valence electrons. The Morgan fingerprint density at radius 2 is 2.15 bits per heavy atom. The summed E-state index contributed by atoms with van der Waals surface area (Å²) in [7, 11) is 0. The van der Waals surface area contributed by atoms with Gasteiger partial charge >= 0.3 is 5.97 Å². The number of rotatable bonds is 3. The highest BCUT2D eigenvalue weighted by Crippen LogP contribution is 2.42. The fourth-order valence-corrected chi connectivity index (χ4v) is 3.34. The maximum atomic E-state index is 14.5. The third-order valence-corrected chi connectivity index (χ3v) is 4.33. The molecular weight excluding hydrogens is 343 g/mol. The lowest BCUT2D eigenvalue weighted by atomic mass is 10.1. The van der Waals surface area contributed by atoms with Crippen LogP contribution in [0.4, 0.5) is 4.39 Å². The van der Waals surface area contributed by atoms with Gasteiger partial charge in [0.25, 0.3) is 0 Å². The van der Waals surface area contributed by atoms with Crippen LogP contribution in [-0.2, 0) is 19.0 Å². The molecule has 0 aliphatic carbocycles. The summed E-state index contributed by atoms with van der Waals surface area (Å²) in [6.07, 6.45) is 3.86. The van der Waals surface area contributed by atoms with Gasteiger partial charge in [-0.3, -0.25) is 4.99 Å². The van der Waals surface area contributed by atoms with Crippen molar-refractivity contribution in [2.45, 2.75) is 51.1 Å². The van der Waals surface area contributed by atoms with E-state index in [0.717, 1.165) is 0 Å². The first kappa shape index (κ1) is 18.3.